The number of tetrazole rings is 1. The van der Waals surface area contributed by atoms with Gasteiger partial charge in [-0.2, -0.15) is 0 Å². The van der Waals surface area contributed by atoms with Crippen molar-refractivity contribution in [1.82, 2.24) is 45.4 Å². The van der Waals surface area contributed by atoms with Crippen LogP contribution in [0.4, 0.5) is 0 Å². The molecule has 1 unspecified atom stereocenters. The van der Waals surface area contributed by atoms with Gasteiger partial charge in [0.05, 0.1) is 39.7 Å². The molecule has 0 bridgehead atoms. The quantitative estimate of drug-likeness (QED) is 0.222. The number of ether oxygens (including phenoxy) is 1. The number of hydrogen-bond acceptors (Lipinski definition) is 10. The number of aromatic nitrogens is 5. The van der Waals surface area contributed by atoms with E-state index in [0.29, 0.717) is 92.0 Å². The van der Waals surface area contributed by atoms with Crippen LogP contribution in [0.3, 0.4) is 0 Å². The van der Waals surface area contributed by atoms with Crippen LogP contribution < -0.4 is 10.2 Å². The van der Waals surface area contributed by atoms with E-state index < -0.39 is 16.8 Å². The maximum absolute atomic E-state index is 14.2. The van der Waals surface area contributed by atoms with Crippen molar-refractivity contribution in [2.75, 3.05) is 52.9 Å². The van der Waals surface area contributed by atoms with Gasteiger partial charge in [-0.25, -0.2) is 9.69 Å². The van der Waals surface area contributed by atoms with Gasteiger partial charge in [0.25, 0.3) is 5.91 Å². The smallest absolute Gasteiger partial charge is 0.306 e. The van der Waals surface area contributed by atoms with Crippen LogP contribution in [0.5, 0.6) is 5.75 Å². The van der Waals surface area contributed by atoms with Crippen molar-refractivity contribution in [1.29, 1.82) is 0 Å². The predicted molar refractivity (Wildman–Crippen MR) is 201 cm³/mol. The molecule has 0 saturated carbocycles. The van der Waals surface area contributed by atoms with E-state index in [-0.39, 0.29) is 17.7 Å². The first-order chi connectivity index (χ1) is 26.1. The lowest BCUT2D eigenvalue weighted by atomic mass is 9.72. The number of likely N-dealkylation sites (tertiary alicyclic amines) is 2. The standard InChI is InChI=1S/C38H43Cl2N9O5/c1-54-33-5-3-29(49-25-42-44-45-49)23-30(33)34(50)47-21-11-37(24-47,28-2-4-31(39)32(40)22-28)10-18-46-19-12-38(13-20-46,27-6-14-41-15-7-27)36(53)43-48-16-8-26(9-17-48)35(51)52/h2-7,14-15,22-23,25-26H,8-13,16-21,24H2,1H3,(H,43,53)(H,51,52). The monoisotopic (exact) mass is 775 g/mol. The molecule has 0 spiro atoms. The number of hydrazine groups is 1. The summed E-state index contributed by atoms with van der Waals surface area (Å²) in [6.07, 6.45) is 8.60. The van der Waals surface area contributed by atoms with Crippen LogP contribution in [0.15, 0.2) is 67.3 Å². The fraction of sp³-hybridized carbons (Fsp3) is 0.447. The van der Waals surface area contributed by atoms with E-state index >= 15 is 0 Å². The highest BCUT2D eigenvalue weighted by Crippen LogP contribution is 2.42. The van der Waals surface area contributed by atoms with Gasteiger partial charge < -0.3 is 19.6 Å². The third-order valence-corrected chi connectivity index (χ3v) is 12.3. The highest BCUT2D eigenvalue weighted by molar-refractivity contribution is 6.42. The molecule has 3 aliphatic rings. The first kappa shape index (κ1) is 37.7. The Morgan fingerprint density at radius 2 is 1.69 bits per heavy atom. The number of pyridine rings is 1. The van der Waals surface area contributed by atoms with E-state index in [1.54, 1.807) is 37.7 Å². The van der Waals surface area contributed by atoms with Crippen molar-refractivity contribution in [3.63, 3.8) is 0 Å². The lowest BCUT2D eigenvalue weighted by molar-refractivity contribution is -0.144. The zero-order valence-electron chi connectivity index (χ0n) is 30.0. The number of aliphatic carboxylic acids is 1. The van der Waals surface area contributed by atoms with E-state index in [1.807, 2.05) is 40.2 Å². The summed E-state index contributed by atoms with van der Waals surface area (Å²) >= 11 is 13.0. The molecule has 2 amide bonds. The Kier molecular flexibility index (Phi) is 11.2. The molecular weight excluding hydrogens is 733 g/mol. The number of amides is 2. The molecule has 16 heteroatoms. The number of hydrogen-bond donors (Lipinski definition) is 2. The molecule has 3 aliphatic heterocycles. The Hall–Kier alpha value is -4.63. The van der Waals surface area contributed by atoms with E-state index in [0.717, 1.165) is 30.5 Å². The van der Waals surface area contributed by atoms with Crippen LogP contribution in [-0.4, -0.2) is 116 Å². The van der Waals surface area contributed by atoms with Gasteiger partial charge in [0.2, 0.25) is 5.91 Å². The van der Waals surface area contributed by atoms with Gasteiger partial charge >= 0.3 is 5.97 Å². The van der Waals surface area contributed by atoms with Crippen molar-refractivity contribution >= 4 is 41.0 Å². The van der Waals surface area contributed by atoms with Crippen molar-refractivity contribution < 1.29 is 24.2 Å². The number of carbonyl (C=O) groups excluding carboxylic acids is 2. The van der Waals surface area contributed by atoms with E-state index in [4.69, 9.17) is 27.9 Å². The van der Waals surface area contributed by atoms with Crippen LogP contribution in [0.2, 0.25) is 10.0 Å². The number of piperidine rings is 2. The second kappa shape index (κ2) is 16.0. The van der Waals surface area contributed by atoms with Gasteiger partial charge in [0.15, 0.2) is 0 Å². The number of methoxy groups -OCH3 is 1. The van der Waals surface area contributed by atoms with Gasteiger partial charge in [0.1, 0.15) is 12.1 Å². The normalized spacial score (nSPS) is 20.8. The molecule has 2 N–H and O–H groups in total. The lowest BCUT2D eigenvalue weighted by Gasteiger charge is -2.43. The molecule has 2 aromatic heterocycles. The molecule has 0 radical (unpaired) electrons. The molecule has 54 heavy (non-hydrogen) atoms. The summed E-state index contributed by atoms with van der Waals surface area (Å²) in [5, 5.41) is 23.6. The van der Waals surface area contributed by atoms with Gasteiger partial charge in [0, 0.05) is 44.0 Å². The summed E-state index contributed by atoms with van der Waals surface area (Å²) in [5.41, 5.74) is 5.00. The minimum Gasteiger partial charge on any atom is -0.496 e. The highest BCUT2D eigenvalue weighted by Gasteiger charge is 2.46. The number of nitrogens with one attached hydrogen (secondary N) is 1. The molecule has 2 aromatic carbocycles. The molecule has 7 rings (SSSR count). The molecule has 0 aliphatic carbocycles. The molecule has 14 nitrogen and oxygen atoms in total. The zero-order chi connectivity index (χ0) is 37.9. The number of carbonyl (C=O) groups is 3. The van der Waals surface area contributed by atoms with E-state index in [9.17, 15) is 19.5 Å². The maximum atomic E-state index is 14.2. The fourth-order valence-electron chi connectivity index (χ4n) is 8.25. The largest absolute Gasteiger partial charge is 0.496 e. The Balaban J connectivity index is 1.07. The average molecular weight is 777 g/mol. The van der Waals surface area contributed by atoms with Gasteiger partial charge in [-0.1, -0.05) is 29.3 Å². The molecule has 1 atom stereocenters. The summed E-state index contributed by atoms with van der Waals surface area (Å²) < 4.78 is 7.10. The summed E-state index contributed by atoms with van der Waals surface area (Å²) in [7, 11) is 1.54. The number of carboxylic acid groups (broad SMARTS) is 1. The average Bonchev–Trinajstić information content (AvgIpc) is 3.91. The predicted octanol–water partition coefficient (Wildman–Crippen LogP) is 4.41. The summed E-state index contributed by atoms with van der Waals surface area (Å²) in [5.74, 6) is -0.929. The van der Waals surface area contributed by atoms with Crippen molar-refractivity contribution in [3.8, 4) is 11.4 Å². The fourth-order valence-corrected chi connectivity index (χ4v) is 8.55. The van der Waals surface area contributed by atoms with Gasteiger partial charge in [-0.3, -0.25) is 24.8 Å². The van der Waals surface area contributed by atoms with Crippen molar-refractivity contribution in [2.24, 2.45) is 5.92 Å². The van der Waals surface area contributed by atoms with Crippen LogP contribution in [0, 0.1) is 5.92 Å². The molecule has 3 saturated heterocycles. The summed E-state index contributed by atoms with van der Waals surface area (Å²) in [4.78, 5) is 48.3. The van der Waals surface area contributed by atoms with Gasteiger partial charge in [-0.15, -0.1) is 5.10 Å². The molecule has 3 fully saturated rings. The lowest BCUT2D eigenvalue weighted by Crippen LogP contribution is -2.57. The second-order valence-electron chi connectivity index (χ2n) is 14.5. The molecule has 284 valence electrons. The SMILES string of the molecule is COc1ccc(-n2cnnn2)cc1C(=O)N1CCC(CCN2CCC(C(=O)NN3CCC(C(=O)O)CC3)(c3ccncc3)CC2)(c2ccc(Cl)c(Cl)c2)C1. The van der Waals surface area contributed by atoms with Crippen LogP contribution >= 0.6 is 23.2 Å². The Bertz CT molecular complexity index is 1970. The first-order valence-corrected chi connectivity index (χ1v) is 18.9. The van der Waals surface area contributed by atoms with Crippen LogP contribution in [0.1, 0.15) is 60.0 Å². The number of benzene rings is 2. The first-order valence-electron chi connectivity index (χ1n) is 18.2. The topological polar surface area (TPSA) is 159 Å². The number of rotatable bonds is 11. The molecule has 4 aromatic rings. The number of nitrogens with zero attached hydrogens (tertiary/aromatic N) is 8. The zero-order valence-corrected chi connectivity index (χ0v) is 31.5. The van der Waals surface area contributed by atoms with Gasteiger partial charge in [-0.05, 0) is 122 Å². The third-order valence-electron chi connectivity index (χ3n) is 11.6. The third kappa shape index (κ3) is 7.65. The highest BCUT2D eigenvalue weighted by atomic mass is 35.5. The second-order valence-corrected chi connectivity index (χ2v) is 15.3. The number of carboxylic acids is 1. The minimum absolute atomic E-state index is 0.0704. The van der Waals surface area contributed by atoms with Crippen LogP contribution in [-0.2, 0) is 20.4 Å². The van der Waals surface area contributed by atoms with E-state index in [1.165, 1.54) is 11.0 Å². The van der Waals surface area contributed by atoms with E-state index in [2.05, 4.69) is 30.8 Å². The molecular formula is C38H43Cl2N9O5. The minimum atomic E-state index is -0.785. The van der Waals surface area contributed by atoms with Crippen LogP contribution in [0.25, 0.3) is 5.69 Å². The summed E-state index contributed by atoms with van der Waals surface area (Å²) in [6.45, 7) is 4.13. The number of halogens is 2. The van der Waals surface area contributed by atoms with Crippen molar-refractivity contribution in [3.05, 3.63) is 94.0 Å². The summed E-state index contributed by atoms with van der Waals surface area (Å²) in [6, 6.07) is 14.9. The maximum Gasteiger partial charge on any atom is 0.306 e. The Morgan fingerprint density at radius 3 is 2.35 bits per heavy atom. The molecule has 5 heterocycles. The Labute approximate surface area is 323 Å². The van der Waals surface area contributed by atoms with Crippen molar-refractivity contribution in [2.45, 2.75) is 49.4 Å². The Morgan fingerprint density at radius 1 is 0.926 bits per heavy atom.